The Kier molecular flexibility index (Phi) is 9.25. The van der Waals surface area contributed by atoms with Crippen molar-refractivity contribution >= 4 is 23.2 Å². The van der Waals surface area contributed by atoms with E-state index in [2.05, 4.69) is 40.9 Å². The number of amides is 1. The minimum Gasteiger partial charge on any atom is -0.388 e. The Labute approximate surface area is 173 Å². The van der Waals surface area contributed by atoms with Crippen LogP contribution in [-0.4, -0.2) is 53.7 Å². The molecule has 2 rings (SSSR count). The lowest BCUT2D eigenvalue weighted by Gasteiger charge is -2.27. The van der Waals surface area contributed by atoms with Crippen LogP contribution in [0.5, 0.6) is 0 Å². The van der Waals surface area contributed by atoms with E-state index in [0.29, 0.717) is 25.5 Å². The van der Waals surface area contributed by atoms with E-state index in [9.17, 15) is 9.90 Å². The molecule has 0 saturated carbocycles. The van der Waals surface area contributed by atoms with Gasteiger partial charge in [-0.3, -0.25) is 9.79 Å². The largest absolute Gasteiger partial charge is 0.388 e. The number of rotatable bonds is 10. The van der Waals surface area contributed by atoms with Crippen LogP contribution < -0.4 is 10.6 Å². The molecule has 28 heavy (non-hydrogen) atoms. The number of aliphatic hydroxyl groups is 1. The summed E-state index contributed by atoms with van der Waals surface area (Å²) in [5.41, 5.74) is 0.548. The predicted molar refractivity (Wildman–Crippen MR) is 117 cm³/mol. The van der Waals surface area contributed by atoms with Gasteiger partial charge in [-0.25, -0.2) is 0 Å². The van der Waals surface area contributed by atoms with Gasteiger partial charge in [-0.15, -0.1) is 11.3 Å². The van der Waals surface area contributed by atoms with Crippen molar-refractivity contribution < 1.29 is 9.90 Å². The molecule has 0 bridgehead atoms. The maximum Gasteiger partial charge on any atom is 0.224 e. The lowest BCUT2D eigenvalue weighted by Crippen LogP contribution is -2.42. The Balaban J connectivity index is 1.83. The maximum atomic E-state index is 12.5. The first-order chi connectivity index (χ1) is 13.5. The van der Waals surface area contributed by atoms with Crippen molar-refractivity contribution in [3.8, 4) is 0 Å². The molecular formula is C21H36N4O2S. The van der Waals surface area contributed by atoms with Gasteiger partial charge >= 0.3 is 0 Å². The number of carbonyl (C=O) groups is 1. The average Bonchev–Trinajstić information content (AvgIpc) is 3.14. The van der Waals surface area contributed by atoms with Gasteiger partial charge in [0.25, 0.3) is 0 Å². The normalized spacial score (nSPS) is 14.7. The van der Waals surface area contributed by atoms with E-state index in [0.717, 1.165) is 51.7 Å². The fraction of sp³-hybridized carbons (Fsp3) is 0.714. The zero-order valence-electron chi connectivity index (χ0n) is 17.6. The number of guanidine groups is 1. The first-order valence-electron chi connectivity index (χ1n) is 10.6. The van der Waals surface area contributed by atoms with E-state index in [-0.39, 0.29) is 5.91 Å². The number of hydrogen-bond donors (Lipinski definition) is 3. The van der Waals surface area contributed by atoms with E-state index in [1.54, 1.807) is 11.3 Å². The number of carbonyl (C=O) groups excluding carboxylic acids is 1. The predicted octanol–water partition coefficient (Wildman–Crippen LogP) is 2.91. The van der Waals surface area contributed by atoms with Gasteiger partial charge in [-0.05, 0) is 43.2 Å². The van der Waals surface area contributed by atoms with Crippen LogP contribution in [0.3, 0.4) is 0 Å². The fourth-order valence-electron chi connectivity index (χ4n) is 3.69. The second-order valence-electron chi connectivity index (χ2n) is 7.53. The monoisotopic (exact) mass is 408 g/mol. The van der Waals surface area contributed by atoms with Gasteiger partial charge in [0.15, 0.2) is 5.96 Å². The number of aliphatic imine (C=N–C) groups is 1. The van der Waals surface area contributed by atoms with Crippen LogP contribution in [0.1, 0.15) is 63.3 Å². The SMILES string of the molecule is CCCC(O)(CCC)CN=C(NCC)NCCC(=O)N1CCc2sccc2C1. The van der Waals surface area contributed by atoms with Crippen molar-refractivity contribution in [1.82, 2.24) is 15.5 Å². The van der Waals surface area contributed by atoms with E-state index in [1.807, 2.05) is 11.8 Å². The van der Waals surface area contributed by atoms with Gasteiger partial charge in [0.1, 0.15) is 0 Å². The zero-order valence-corrected chi connectivity index (χ0v) is 18.4. The molecule has 0 atom stereocenters. The zero-order chi connectivity index (χ0) is 20.4. The van der Waals surface area contributed by atoms with Crippen LogP contribution in [0.4, 0.5) is 0 Å². The van der Waals surface area contributed by atoms with Crippen molar-refractivity contribution in [2.75, 3.05) is 26.2 Å². The summed E-state index contributed by atoms with van der Waals surface area (Å²) >= 11 is 1.79. The number of hydrogen-bond acceptors (Lipinski definition) is 4. The Bertz CT molecular complexity index is 638. The number of nitrogens with zero attached hydrogens (tertiary/aromatic N) is 2. The molecule has 0 spiro atoms. The summed E-state index contributed by atoms with van der Waals surface area (Å²) in [6, 6.07) is 2.13. The smallest absolute Gasteiger partial charge is 0.224 e. The van der Waals surface area contributed by atoms with Crippen molar-refractivity contribution in [3.63, 3.8) is 0 Å². The molecule has 1 aromatic heterocycles. The molecule has 6 nitrogen and oxygen atoms in total. The first-order valence-corrected chi connectivity index (χ1v) is 11.5. The molecule has 0 aromatic carbocycles. The Morgan fingerprint density at radius 1 is 1.29 bits per heavy atom. The quantitative estimate of drug-likeness (QED) is 0.411. The van der Waals surface area contributed by atoms with Crippen molar-refractivity contribution in [2.24, 2.45) is 4.99 Å². The number of thiophene rings is 1. The summed E-state index contributed by atoms with van der Waals surface area (Å²) in [6.45, 7) is 9.38. The van der Waals surface area contributed by atoms with Crippen molar-refractivity contribution in [1.29, 1.82) is 0 Å². The van der Waals surface area contributed by atoms with E-state index in [1.165, 1.54) is 10.4 Å². The third-order valence-electron chi connectivity index (χ3n) is 5.10. The second kappa shape index (κ2) is 11.4. The van der Waals surface area contributed by atoms with Gasteiger partial charge in [-0.2, -0.15) is 0 Å². The highest BCUT2D eigenvalue weighted by molar-refractivity contribution is 7.10. The van der Waals surface area contributed by atoms with Crippen LogP contribution >= 0.6 is 11.3 Å². The minimum atomic E-state index is -0.742. The third-order valence-corrected chi connectivity index (χ3v) is 6.12. The van der Waals surface area contributed by atoms with Gasteiger partial charge in [0.2, 0.25) is 5.91 Å². The Morgan fingerprint density at radius 2 is 2.04 bits per heavy atom. The molecule has 1 aliphatic rings. The topological polar surface area (TPSA) is 77.0 Å². The molecule has 0 fully saturated rings. The first kappa shape index (κ1) is 22.7. The molecule has 1 aromatic rings. The molecule has 0 aliphatic carbocycles. The van der Waals surface area contributed by atoms with Crippen molar-refractivity contribution in [2.45, 2.75) is 71.4 Å². The second-order valence-corrected chi connectivity index (χ2v) is 8.53. The molecule has 1 aliphatic heterocycles. The van der Waals surface area contributed by atoms with Crippen molar-refractivity contribution in [3.05, 3.63) is 21.9 Å². The summed E-state index contributed by atoms with van der Waals surface area (Å²) in [7, 11) is 0. The molecule has 7 heteroatoms. The summed E-state index contributed by atoms with van der Waals surface area (Å²) in [4.78, 5) is 20.5. The molecule has 0 saturated heterocycles. The van der Waals surface area contributed by atoms with Gasteiger partial charge in [0.05, 0.1) is 12.1 Å². The Morgan fingerprint density at radius 3 is 2.71 bits per heavy atom. The summed E-state index contributed by atoms with van der Waals surface area (Å²) in [5.74, 6) is 0.841. The highest BCUT2D eigenvalue weighted by Gasteiger charge is 2.25. The third kappa shape index (κ3) is 6.78. The number of nitrogens with one attached hydrogen (secondary N) is 2. The summed E-state index contributed by atoms with van der Waals surface area (Å²) in [6.07, 6.45) is 4.78. The molecular weight excluding hydrogens is 372 g/mol. The van der Waals surface area contributed by atoms with Crippen LogP contribution in [0.15, 0.2) is 16.4 Å². The fourth-order valence-corrected chi connectivity index (χ4v) is 4.58. The van der Waals surface area contributed by atoms with Crippen LogP contribution in [0.2, 0.25) is 0 Å². The van der Waals surface area contributed by atoms with E-state index < -0.39 is 5.60 Å². The summed E-state index contributed by atoms with van der Waals surface area (Å²) < 4.78 is 0. The highest BCUT2D eigenvalue weighted by atomic mass is 32.1. The van der Waals surface area contributed by atoms with Gasteiger partial charge in [-0.1, -0.05) is 26.7 Å². The van der Waals surface area contributed by atoms with E-state index >= 15 is 0 Å². The highest BCUT2D eigenvalue weighted by Crippen LogP contribution is 2.24. The molecule has 0 unspecified atom stereocenters. The lowest BCUT2D eigenvalue weighted by atomic mass is 9.93. The molecule has 3 N–H and O–H groups in total. The van der Waals surface area contributed by atoms with Crippen LogP contribution in [0.25, 0.3) is 0 Å². The minimum absolute atomic E-state index is 0.175. The molecule has 0 radical (unpaired) electrons. The number of fused-ring (bicyclic) bond motifs is 1. The lowest BCUT2D eigenvalue weighted by molar-refractivity contribution is -0.131. The van der Waals surface area contributed by atoms with Crippen LogP contribution in [-0.2, 0) is 17.8 Å². The van der Waals surface area contributed by atoms with Gasteiger partial charge < -0.3 is 20.6 Å². The maximum absolute atomic E-state index is 12.5. The van der Waals surface area contributed by atoms with E-state index in [4.69, 9.17) is 0 Å². The summed E-state index contributed by atoms with van der Waals surface area (Å²) in [5, 5.41) is 19.3. The standard InChI is InChI=1S/C21H36N4O2S/c1-4-10-21(27,11-5-2)16-24-20(22-6-3)23-12-7-19(26)25-13-8-18-17(15-25)9-14-28-18/h9,14,27H,4-8,10-13,15-16H2,1-3H3,(H2,22,23,24). The Hall–Kier alpha value is -1.60. The molecule has 1 amide bonds. The average molecular weight is 409 g/mol. The molecule has 158 valence electrons. The molecule has 2 heterocycles. The van der Waals surface area contributed by atoms with Crippen LogP contribution in [0, 0.1) is 0 Å². The van der Waals surface area contributed by atoms with Gasteiger partial charge in [0, 0.05) is 37.5 Å².